The Balaban J connectivity index is 0.000000921. The fourth-order valence-corrected chi connectivity index (χ4v) is 1.68. The van der Waals surface area contributed by atoms with Gasteiger partial charge in [-0.15, -0.1) is 0 Å². The molecule has 1 aliphatic carbocycles. The van der Waals surface area contributed by atoms with Gasteiger partial charge in [-0.05, 0) is 37.7 Å². The number of ketones is 1. The lowest BCUT2D eigenvalue weighted by molar-refractivity contribution is -0.115. The normalized spacial score (nSPS) is 27.1. The Kier molecular flexibility index (Phi) is 7.98. The minimum Gasteiger partial charge on any atom is -0.295 e. The van der Waals surface area contributed by atoms with Crippen LogP contribution in [0.5, 0.6) is 0 Å². The molecule has 1 unspecified atom stereocenters. The third-order valence-electron chi connectivity index (χ3n) is 2.49. The molecular formula is C14H24O. The predicted molar refractivity (Wildman–Crippen MR) is 66.9 cm³/mol. The van der Waals surface area contributed by atoms with E-state index in [9.17, 15) is 4.79 Å². The van der Waals surface area contributed by atoms with Crippen molar-refractivity contribution in [2.75, 3.05) is 0 Å². The monoisotopic (exact) mass is 208 g/mol. The van der Waals surface area contributed by atoms with Gasteiger partial charge >= 0.3 is 0 Å². The van der Waals surface area contributed by atoms with Crippen LogP contribution in [0.25, 0.3) is 0 Å². The first kappa shape index (κ1) is 14.2. The summed E-state index contributed by atoms with van der Waals surface area (Å²) < 4.78 is 0. The molecule has 1 heteroatoms. The largest absolute Gasteiger partial charge is 0.295 e. The molecule has 0 N–H and O–H groups in total. The molecule has 0 aromatic carbocycles. The van der Waals surface area contributed by atoms with Crippen LogP contribution in [0.2, 0.25) is 0 Å². The van der Waals surface area contributed by atoms with Gasteiger partial charge in [-0.3, -0.25) is 4.79 Å². The number of allylic oxidation sites excluding steroid dienone is 4. The Labute approximate surface area is 94.3 Å². The van der Waals surface area contributed by atoms with Gasteiger partial charge in [0, 0.05) is 6.42 Å². The number of hydrogen-bond donors (Lipinski definition) is 0. The summed E-state index contributed by atoms with van der Waals surface area (Å²) in [7, 11) is 0. The molecule has 1 aliphatic rings. The van der Waals surface area contributed by atoms with Crippen molar-refractivity contribution in [2.24, 2.45) is 5.92 Å². The van der Waals surface area contributed by atoms with Crippen molar-refractivity contribution >= 4 is 5.78 Å². The molecule has 0 fully saturated rings. The molecule has 0 radical (unpaired) electrons. The maximum Gasteiger partial charge on any atom is 0.158 e. The van der Waals surface area contributed by atoms with Gasteiger partial charge < -0.3 is 0 Å². The van der Waals surface area contributed by atoms with Crippen molar-refractivity contribution in [1.82, 2.24) is 0 Å². The van der Waals surface area contributed by atoms with Crippen molar-refractivity contribution in [2.45, 2.75) is 53.4 Å². The third-order valence-corrected chi connectivity index (χ3v) is 2.49. The lowest BCUT2D eigenvalue weighted by Crippen LogP contribution is -2.04. The predicted octanol–water partition coefficient (Wildman–Crippen LogP) is 4.29. The summed E-state index contributed by atoms with van der Waals surface area (Å²) in [6, 6.07) is 0. The van der Waals surface area contributed by atoms with E-state index in [4.69, 9.17) is 0 Å². The smallest absolute Gasteiger partial charge is 0.158 e. The molecule has 0 amide bonds. The molecule has 0 saturated carbocycles. The van der Waals surface area contributed by atoms with Gasteiger partial charge in [-0.25, -0.2) is 0 Å². The average Bonchev–Trinajstić information content (AvgIpc) is 2.34. The topological polar surface area (TPSA) is 17.1 Å². The van der Waals surface area contributed by atoms with Crippen molar-refractivity contribution in [3.8, 4) is 0 Å². The van der Waals surface area contributed by atoms with E-state index in [1.165, 1.54) is 0 Å². The highest BCUT2D eigenvalue weighted by Gasteiger charge is 2.11. The van der Waals surface area contributed by atoms with E-state index in [1.807, 2.05) is 26.8 Å². The first-order valence-electron chi connectivity index (χ1n) is 6.09. The van der Waals surface area contributed by atoms with Crippen molar-refractivity contribution in [1.29, 1.82) is 0 Å². The van der Waals surface area contributed by atoms with E-state index in [0.29, 0.717) is 11.7 Å². The van der Waals surface area contributed by atoms with Crippen LogP contribution in [0.1, 0.15) is 53.4 Å². The van der Waals surface area contributed by atoms with E-state index in [0.717, 1.165) is 31.3 Å². The fraction of sp³-hybridized carbons (Fsp3) is 0.643. The molecule has 1 rings (SSSR count). The van der Waals surface area contributed by atoms with Crippen LogP contribution in [0.15, 0.2) is 23.8 Å². The van der Waals surface area contributed by atoms with Gasteiger partial charge in [0.15, 0.2) is 5.78 Å². The third kappa shape index (κ3) is 5.56. The summed E-state index contributed by atoms with van der Waals surface area (Å²) in [4.78, 5) is 11.6. The molecule has 0 saturated heterocycles. The molecule has 0 bridgehead atoms. The minimum atomic E-state index is 0.345. The van der Waals surface area contributed by atoms with Gasteiger partial charge in [0.2, 0.25) is 0 Å². The lowest BCUT2D eigenvalue weighted by Gasteiger charge is -2.07. The zero-order valence-electron chi connectivity index (χ0n) is 10.5. The number of rotatable bonds is 0. The van der Waals surface area contributed by atoms with Crippen LogP contribution in [0, 0.1) is 5.92 Å². The average molecular weight is 208 g/mol. The van der Waals surface area contributed by atoms with Gasteiger partial charge in [0.1, 0.15) is 0 Å². The Morgan fingerprint density at radius 2 is 2.07 bits per heavy atom. The quantitative estimate of drug-likeness (QED) is 0.428. The highest BCUT2D eigenvalue weighted by atomic mass is 16.1. The maximum absolute atomic E-state index is 11.6. The maximum atomic E-state index is 11.6. The number of carbonyl (C=O) groups excluding carboxylic acids is 1. The first-order valence-corrected chi connectivity index (χ1v) is 6.09. The zero-order valence-corrected chi connectivity index (χ0v) is 10.5. The highest BCUT2D eigenvalue weighted by Crippen LogP contribution is 2.18. The van der Waals surface area contributed by atoms with Gasteiger partial charge in [0.05, 0.1) is 0 Å². The van der Waals surface area contributed by atoms with Gasteiger partial charge in [-0.2, -0.15) is 0 Å². The fourth-order valence-electron chi connectivity index (χ4n) is 1.68. The summed E-state index contributed by atoms with van der Waals surface area (Å²) in [6.45, 7) is 8.13. The van der Waals surface area contributed by atoms with E-state index in [1.54, 1.807) is 0 Å². The molecule has 1 nitrogen and oxygen atoms in total. The second-order valence-corrected chi connectivity index (χ2v) is 3.74. The standard InChI is InChI=1S/C12H18O.C2H6/c1-3-11-9-10(2)7-5-4-6-8-12(11)13;1-2/h3,5,7,10H,4,6,8-9H2,1-2H3;1-2H3/b7-5-,11-3-;. The Morgan fingerprint density at radius 3 is 2.67 bits per heavy atom. The van der Waals surface area contributed by atoms with E-state index in [-0.39, 0.29) is 0 Å². The summed E-state index contributed by atoms with van der Waals surface area (Å²) in [5.41, 5.74) is 1.01. The molecule has 86 valence electrons. The summed E-state index contributed by atoms with van der Waals surface area (Å²) in [5, 5.41) is 0. The van der Waals surface area contributed by atoms with Gasteiger partial charge in [0.25, 0.3) is 0 Å². The van der Waals surface area contributed by atoms with Crippen molar-refractivity contribution < 1.29 is 4.79 Å². The molecule has 0 aromatic rings. The van der Waals surface area contributed by atoms with Crippen LogP contribution < -0.4 is 0 Å². The number of Topliss-reactive ketones (excluding diaryl/α,β-unsaturated/α-hetero) is 1. The van der Waals surface area contributed by atoms with Crippen LogP contribution in [-0.2, 0) is 4.79 Å². The van der Waals surface area contributed by atoms with Crippen LogP contribution in [0.3, 0.4) is 0 Å². The van der Waals surface area contributed by atoms with Gasteiger partial charge in [-0.1, -0.05) is 39.0 Å². The Bertz CT molecular complexity index is 236. The molecule has 0 spiro atoms. The lowest BCUT2D eigenvalue weighted by atomic mass is 9.97. The molecule has 1 atom stereocenters. The zero-order chi connectivity index (χ0) is 11.7. The van der Waals surface area contributed by atoms with Crippen molar-refractivity contribution in [3.05, 3.63) is 23.8 Å². The second-order valence-electron chi connectivity index (χ2n) is 3.74. The SMILES string of the molecule is C/C=C1/CC(C)/C=C\CCCC1=O.CC. The van der Waals surface area contributed by atoms with Crippen molar-refractivity contribution in [3.63, 3.8) is 0 Å². The van der Waals surface area contributed by atoms with Crippen LogP contribution in [0.4, 0.5) is 0 Å². The molecule has 0 aromatic heterocycles. The molecule has 15 heavy (non-hydrogen) atoms. The first-order chi connectivity index (χ1) is 7.24. The molecule has 0 heterocycles. The van der Waals surface area contributed by atoms with Crippen LogP contribution in [-0.4, -0.2) is 5.78 Å². The van der Waals surface area contributed by atoms with E-state index >= 15 is 0 Å². The molecule has 0 aliphatic heterocycles. The van der Waals surface area contributed by atoms with E-state index < -0.39 is 0 Å². The van der Waals surface area contributed by atoms with Crippen LogP contribution >= 0.6 is 0 Å². The summed E-state index contributed by atoms with van der Waals surface area (Å²) in [5.74, 6) is 0.853. The summed E-state index contributed by atoms with van der Waals surface area (Å²) in [6.07, 6.45) is 10.1. The Morgan fingerprint density at radius 1 is 1.40 bits per heavy atom. The second kappa shape index (κ2) is 8.46. The highest BCUT2D eigenvalue weighted by molar-refractivity contribution is 5.95. The Hall–Kier alpha value is -0.850. The minimum absolute atomic E-state index is 0.345. The number of carbonyl (C=O) groups is 1. The van der Waals surface area contributed by atoms with E-state index in [2.05, 4.69) is 19.1 Å². The summed E-state index contributed by atoms with van der Waals surface area (Å²) >= 11 is 0. The molecular weight excluding hydrogens is 184 g/mol. The number of hydrogen-bond acceptors (Lipinski definition) is 1.